The Morgan fingerprint density at radius 3 is 3.06 bits per heavy atom. The monoisotopic (exact) mass is 233 g/mol. The van der Waals surface area contributed by atoms with Crippen LogP contribution in [0.5, 0.6) is 0 Å². The van der Waals surface area contributed by atoms with Crippen molar-refractivity contribution in [2.24, 2.45) is 5.92 Å². The molecule has 1 unspecified atom stereocenters. The molecule has 1 aromatic heterocycles. The topological polar surface area (TPSA) is 62.3 Å². The Morgan fingerprint density at radius 1 is 1.65 bits per heavy atom. The van der Waals surface area contributed by atoms with Crippen molar-refractivity contribution in [2.75, 3.05) is 20.1 Å². The predicted octanol–water partition coefficient (Wildman–Crippen LogP) is 0.290. The summed E-state index contributed by atoms with van der Waals surface area (Å²) in [6.45, 7) is 1.25. The molecule has 2 rings (SSSR count). The van der Waals surface area contributed by atoms with Crippen molar-refractivity contribution in [1.82, 2.24) is 15.2 Å². The van der Waals surface area contributed by atoms with Gasteiger partial charge in [0.25, 0.3) is 5.91 Å². The number of likely N-dealkylation sites (tertiary alicyclic amines) is 1. The van der Waals surface area contributed by atoms with Crippen LogP contribution in [0, 0.1) is 5.92 Å². The van der Waals surface area contributed by atoms with Crippen molar-refractivity contribution in [3.05, 3.63) is 30.1 Å². The van der Waals surface area contributed by atoms with Gasteiger partial charge in [0.2, 0.25) is 5.91 Å². The molecule has 0 aromatic carbocycles. The van der Waals surface area contributed by atoms with E-state index in [-0.39, 0.29) is 17.7 Å². The zero-order valence-corrected chi connectivity index (χ0v) is 9.72. The Kier molecular flexibility index (Phi) is 3.37. The molecule has 0 radical (unpaired) electrons. The maximum atomic E-state index is 11.7. The second-order valence-electron chi connectivity index (χ2n) is 4.30. The van der Waals surface area contributed by atoms with Crippen LogP contribution in [0.4, 0.5) is 0 Å². The molecule has 0 bridgehead atoms. The average molecular weight is 233 g/mol. The molecule has 0 aliphatic carbocycles. The lowest BCUT2D eigenvalue weighted by atomic mass is 10.1. The van der Waals surface area contributed by atoms with Gasteiger partial charge in [-0.25, -0.2) is 0 Å². The largest absolute Gasteiger partial charge is 0.352 e. The van der Waals surface area contributed by atoms with Crippen LogP contribution >= 0.6 is 0 Å². The molecule has 0 spiro atoms. The summed E-state index contributed by atoms with van der Waals surface area (Å²) in [7, 11) is 1.78. The number of hydrogen-bond acceptors (Lipinski definition) is 3. The molecule has 90 valence electrons. The van der Waals surface area contributed by atoms with Gasteiger partial charge in [0.05, 0.1) is 5.56 Å². The van der Waals surface area contributed by atoms with E-state index < -0.39 is 0 Å². The average Bonchev–Trinajstić information content (AvgIpc) is 2.67. The lowest BCUT2D eigenvalue weighted by molar-refractivity contribution is -0.126. The molecule has 5 heteroatoms. The Bertz CT molecular complexity index is 419. The van der Waals surface area contributed by atoms with Crippen molar-refractivity contribution in [2.45, 2.75) is 6.42 Å². The minimum absolute atomic E-state index is 0.139. The fourth-order valence-corrected chi connectivity index (χ4v) is 1.93. The second kappa shape index (κ2) is 4.95. The molecule has 2 amide bonds. The van der Waals surface area contributed by atoms with Crippen molar-refractivity contribution in [3.8, 4) is 0 Å². The predicted molar refractivity (Wildman–Crippen MR) is 62.3 cm³/mol. The van der Waals surface area contributed by atoms with E-state index in [1.807, 2.05) is 0 Å². The number of carbonyl (C=O) groups excluding carboxylic acids is 2. The fourth-order valence-electron chi connectivity index (χ4n) is 1.93. The molecule has 1 fully saturated rings. The summed E-state index contributed by atoms with van der Waals surface area (Å²) in [4.78, 5) is 28.6. The van der Waals surface area contributed by atoms with Gasteiger partial charge in [0, 0.05) is 44.9 Å². The summed E-state index contributed by atoms with van der Waals surface area (Å²) >= 11 is 0. The number of carbonyl (C=O) groups is 2. The van der Waals surface area contributed by atoms with Crippen LogP contribution in [-0.4, -0.2) is 41.8 Å². The van der Waals surface area contributed by atoms with E-state index in [2.05, 4.69) is 10.3 Å². The summed E-state index contributed by atoms with van der Waals surface area (Å²) < 4.78 is 0. The maximum absolute atomic E-state index is 11.7. The van der Waals surface area contributed by atoms with E-state index >= 15 is 0 Å². The lowest BCUT2D eigenvalue weighted by Gasteiger charge is -2.11. The molecule has 0 saturated carbocycles. The SMILES string of the molecule is CN1CC(CNC(=O)c2cccnc2)CC1=O. The van der Waals surface area contributed by atoms with Gasteiger partial charge in [-0.05, 0) is 12.1 Å². The van der Waals surface area contributed by atoms with Crippen LogP contribution in [0.1, 0.15) is 16.8 Å². The maximum Gasteiger partial charge on any atom is 0.252 e. The Morgan fingerprint density at radius 2 is 2.47 bits per heavy atom. The molecule has 2 heterocycles. The zero-order valence-electron chi connectivity index (χ0n) is 9.72. The number of aromatic nitrogens is 1. The van der Waals surface area contributed by atoms with Crippen LogP contribution in [0.15, 0.2) is 24.5 Å². The van der Waals surface area contributed by atoms with E-state index in [0.29, 0.717) is 25.1 Å². The third-order valence-corrected chi connectivity index (χ3v) is 2.90. The van der Waals surface area contributed by atoms with Gasteiger partial charge < -0.3 is 10.2 Å². The number of nitrogens with one attached hydrogen (secondary N) is 1. The molecule has 1 aromatic rings. The highest BCUT2D eigenvalue weighted by atomic mass is 16.2. The van der Waals surface area contributed by atoms with Gasteiger partial charge in [0.1, 0.15) is 0 Å². The van der Waals surface area contributed by atoms with Gasteiger partial charge in [0.15, 0.2) is 0 Å². The molecular weight excluding hydrogens is 218 g/mol. The first-order chi connectivity index (χ1) is 8.16. The number of rotatable bonds is 3. The highest BCUT2D eigenvalue weighted by Crippen LogP contribution is 2.14. The Labute approximate surface area is 99.8 Å². The van der Waals surface area contributed by atoms with E-state index in [1.54, 1.807) is 30.3 Å². The molecule has 1 saturated heterocycles. The second-order valence-corrected chi connectivity index (χ2v) is 4.30. The highest BCUT2D eigenvalue weighted by molar-refractivity contribution is 5.93. The molecule has 1 aliphatic heterocycles. The molecule has 1 atom stereocenters. The molecule has 1 N–H and O–H groups in total. The van der Waals surface area contributed by atoms with Crippen LogP contribution in [-0.2, 0) is 4.79 Å². The van der Waals surface area contributed by atoms with E-state index in [4.69, 9.17) is 0 Å². The first-order valence-corrected chi connectivity index (χ1v) is 5.59. The van der Waals surface area contributed by atoms with E-state index in [9.17, 15) is 9.59 Å². The summed E-state index contributed by atoms with van der Waals surface area (Å²) in [6, 6.07) is 3.44. The van der Waals surface area contributed by atoms with Crippen LogP contribution in [0.25, 0.3) is 0 Å². The molecule has 17 heavy (non-hydrogen) atoms. The summed E-state index contributed by atoms with van der Waals surface area (Å²) in [6.07, 6.45) is 3.67. The number of pyridine rings is 1. The van der Waals surface area contributed by atoms with Crippen LogP contribution in [0.3, 0.4) is 0 Å². The van der Waals surface area contributed by atoms with Gasteiger partial charge >= 0.3 is 0 Å². The minimum atomic E-state index is -0.139. The minimum Gasteiger partial charge on any atom is -0.352 e. The molecule has 1 aliphatic rings. The normalized spacial score (nSPS) is 19.5. The summed E-state index contributed by atoms with van der Waals surface area (Å²) in [5.74, 6) is 0.221. The third-order valence-electron chi connectivity index (χ3n) is 2.90. The van der Waals surface area contributed by atoms with E-state index in [1.165, 1.54) is 6.20 Å². The van der Waals surface area contributed by atoms with Crippen molar-refractivity contribution < 1.29 is 9.59 Å². The van der Waals surface area contributed by atoms with Gasteiger partial charge in [-0.2, -0.15) is 0 Å². The van der Waals surface area contributed by atoms with Gasteiger partial charge in [-0.3, -0.25) is 14.6 Å². The van der Waals surface area contributed by atoms with Crippen molar-refractivity contribution >= 4 is 11.8 Å². The number of amides is 2. The Hall–Kier alpha value is -1.91. The fraction of sp³-hybridized carbons (Fsp3) is 0.417. The number of nitrogens with zero attached hydrogens (tertiary/aromatic N) is 2. The first-order valence-electron chi connectivity index (χ1n) is 5.59. The van der Waals surface area contributed by atoms with Gasteiger partial charge in [-0.15, -0.1) is 0 Å². The standard InChI is InChI=1S/C12H15N3O2/c1-15-8-9(5-11(15)16)6-14-12(17)10-3-2-4-13-7-10/h2-4,7,9H,5-6,8H2,1H3,(H,14,17). The smallest absolute Gasteiger partial charge is 0.252 e. The van der Waals surface area contributed by atoms with Crippen LogP contribution < -0.4 is 5.32 Å². The molecular formula is C12H15N3O2. The van der Waals surface area contributed by atoms with Gasteiger partial charge in [-0.1, -0.05) is 0 Å². The third kappa shape index (κ3) is 2.81. The molecule has 5 nitrogen and oxygen atoms in total. The summed E-state index contributed by atoms with van der Waals surface area (Å²) in [5, 5.41) is 2.82. The van der Waals surface area contributed by atoms with Crippen LogP contribution in [0.2, 0.25) is 0 Å². The van der Waals surface area contributed by atoms with Crippen molar-refractivity contribution in [1.29, 1.82) is 0 Å². The highest BCUT2D eigenvalue weighted by Gasteiger charge is 2.26. The zero-order chi connectivity index (χ0) is 12.3. The lowest BCUT2D eigenvalue weighted by Crippen LogP contribution is -2.30. The Balaban J connectivity index is 1.83. The number of hydrogen-bond donors (Lipinski definition) is 1. The van der Waals surface area contributed by atoms with Crippen molar-refractivity contribution in [3.63, 3.8) is 0 Å². The summed E-state index contributed by atoms with van der Waals surface area (Å²) in [5.41, 5.74) is 0.546. The quantitative estimate of drug-likeness (QED) is 0.816. The first kappa shape index (κ1) is 11.6. The van der Waals surface area contributed by atoms with E-state index in [0.717, 1.165) is 0 Å².